The van der Waals surface area contributed by atoms with Crippen molar-refractivity contribution in [2.24, 2.45) is 0 Å². The average Bonchev–Trinajstić information content (AvgIpc) is 2.40. The van der Waals surface area contributed by atoms with E-state index in [9.17, 15) is 4.79 Å². The first-order chi connectivity index (χ1) is 8.75. The van der Waals surface area contributed by atoms with Crippen LogP contribution in [0.1, 0.15) is 29.8 Å². The van der Waals surface area contributed by atoms with E-state index in [4.69, 9.17) is 9.84 Å². The molecule has 2 rings (SSSR count). The molecule has 1 aliphatic rings. The molecule has 1 aromatic heterocycles. The Balaban J connectivity index is 1.78. The zero-order valence-corrected chi connectivity index (χ0v) is 10.3. The molecule has 0 saturated carbocycles. The van der Waals surface area contributed by atoms with Gasteiger partial charge in [0.05, 0.1) is 0 Å². The highest BCUT2D eigenvalue weighted by Crippen LogP contribution is 2.10. The Kier molecular flexibility index (Phi) is 4.52. The molecule has 1 aromatic rings. The summed E-state index contributed by atoms with van der Waals surface area (Å²) in [6.07, 6.45) is 3.83. The summed E-state index contributed by atoms with van der Waals surface area (Å²) in [5.74, 6) is -0.650. The van der Waals surface area contributed by atoms with Crippen LogP contribution in [0, 0.1) is 0 Å². The lowest BCUT2D eigenvalue weighted by molar-refractivity contribution is 0.0689. The number of ether oxygens (including phenoxy) is 1. The fraction of sp³-hybridized carbons (Fsp3) is 0.538. The maximum atomic E-state index is 10.7. The molecular formula is C13H18N2O3. The van der Waals surface area contributed by atoms with E-state index in [-0.39, 0.29) is 5.69 Å². The van der Waals surface area contributed by atoms with Crippen molar-refractivity contribution in [2.45, 2.75) is 19.3 Å². The van der Waals surface area contributed by atoms with Crippen molar-refractivity contribution in [3.05, 3.63) is 23.9 Å². The number of aromatic nitrogens is 1. The first-order valence-corrected chi connectivity index (χ1v) is 6.31. The molecule has 0 unspecified atom stereocenters. The lowest BCUT2D eigenvalue weighted by atomic mass is 10.1. The van der Waals surface area contributed by atoms with Gasteiger partial charge in [-0.05, 0) is 32.0 Å². The SMILES string of the molecule is O=C(O)c1cccc(OCCN2CCCCC2)n1. The normalized spacial score (nSPS) is 16.4. The molecule has 0 radical (unpaired) electrons. The molecule has 2 heterocycles. The molecule has 0 aromatic carbocycles. The van der Waals surface area contributed by atoms with Gasteiger partial charge in [-0.2, -0.15) is 0 Å². The number of pyridine rings is 1. The van der Waals surface area contributed by atoms with Crippen LogP contribution in [0.3, 0.4) is 0 Å². The molecule has 1 saturated heterocycles. The van der Waals surface area contributed by atoms with E-state index >= 15 is 0 Å². The van der Waals surface area contributed by atoms with Crippen molar-refractivity contribution in [1.82, 2.24) is 9.88 Å². The summed E-state index contributed by atoms with van der Waals surface area (Å²) in [6.45, 7) is 3.69. The van der Waals surface area contributed by atoms with E-state index in [0.717, 1.165) is 19.6 Å². The van der Waals surface area contributed by atoms with Crippen molar-refractivity contribution in [2.75, 3.05) is 26.2 Å². The third-order valence-electron chi connectivity index (χ3n) is 3.05. The lowest BCUT2D eigenvalue weighted by Gasteiger charge is -2.26. The highest BCUT2D eigenvalue weighted by atomic mass is 16.5. The van der Waals surface area contributed by atoms with Gasteiger partial charge < -0.3 is 9.84 Å². The molecule has 1 fully saturated rings. The molecular weight excluding hydrogens is 232 g/mol. The number of rotatable bonds is 5. The van der Waals surface area contributed by atoms with Crippen LogP contribution in [0.5, 0.6) is 5.88 Å². The van der Waals surface area contributed by atoms with E-state index in [1.807, 2.05) is 0 Å². The summed E-state index contributed by atoms with van der Waals surface area (Å²) in [5, 5.41) is 8.81. The molecule has 5 nitrogen and oxygen atoms in total. The summed E-state index contributed by atoms with van der Waals surface area (Å²) in [4.78, 5) is 17.0. The molecule has 1 N–H and O–H groups in total. The molecule has 5 heteroatoms. The third kappa shape index (κ3) is 3.70. The van der Waals surface area contributed by atoms with Gasteiger partial charge in [0.2, 0.25) is 5.88 Å². The van der Waals surface area contributed by atoms with Gasteiger partial charge in [-0.1, -0.05) is 12.5 Å². The second kappa shape index (κ2) is 6.35. The lowest BCUT2D eigenvalue weighted by Crippen LogP contribution is -2.33. The molecule has 98 valence electrons. The van der Waals surface area contributed by atoms with E-state index in [1.54, 1.807) is 12.1 Å². The highest BCUT2D eigenvalue weighted by Gasteiger charge is 2.10. The van der Waals surface area contributed by atoms with E-state index < -0.39 is 5.97 Å². The number of carboxylic acid groups (broad SMARTS) is 1. The van der Waals surface area contributed by atoms with Crippen molar-refractivity contribution in [1.29, 1.82) is 0 Å². The fourth-order valence-corrected chi connectivity index (χ4v) is 2.08. The second-order valence-corrected chi connectivity index (χ2v) is 4.42. The first kappa shape index (κ1) is 12.8. The number of nitrogens with zero attached hydrogens (tertiary/aromatic N) is 2. The summed E-state index contributed by atoms with van der Waals surface area (Å²) in [5.41, 5.74) is 0.0190. The van der Waals surface area contributed by atoms with Crippen molar-refractivity contribution in [3.63, 3.8) is 0 Å². The molecule has 0 amide bonds. The smallest absolute Gasteiger partial charge is 0.354 e. The third-order valence-corrected chi connectivity index (χ3v) is 3.05. The summed E-state index contributed by atoms with van der Waals surface area (Å²) in [6, 6.07) is 4.79. The van der Waals surface area contributed by atoms with Gasteiger partial charge in [0.1, 0.15) is 6.61 Å². The summed E-state index contributed by atoms with van der Waals surface area (Å²) < 4.78 is 5.48. The zero-order chi connectivity index (χ0) is 12.8. The highest BCUT2D eigenvalue weighted by molar-refractivity contribution is 5.85. The van der Waals surface area contributed by atoms with Gasteiger partial charge in [-0.3, -0.25) is 4.90 Å². The minimum atomic E-state index is -1.03. The van der Waals surface area contributed by atoms with Gasteiger partial charge in [-0.15, -0.1) is 0 Å². The molecule has 0 aliphatic carbocycles. The standard InChI is InChI=1S/C13H18N2O3/c16-13(17)11-5-4-6-12(14-11)18-10-9-15-7-2-1-3-8-15/h4-6H,1-3,7-10H2,(H,16,17). The van der Waals surface area contributed by atoms with E-state index in [2.05, 4.69) is 9.88 Å². The summed E-state index contributed by atoms with van der Waals surface area (Å²) >= 11 is 0. The van der Waals surface area contributed by atoms with Gasteiger partial charge in [0, 0.05) is 12.6 Å². The van der Waals surface area contributed by atoms with Crippen LogP contribution < -0.4 is 4.74 Å². The quantitative estimate of drug-likeness (QED) is 0.860. The van der Waals surface area contributed by atoms with Crippen molar-refractivity contribution in [3.8, 4) is 5.88 Å². The molecule has 18 heavy (non-hydrogen) atoms. The Bertz CT molecular complexity index is 403. The largest absolute Gasteiger partial charge is 0.477 e. The zero-order valence-electron chi connectivity index (χ0n) is 10.3. The van der Waals surface area contributed by atoms with Gasteiger partial charge in [-0.25, -0.2) is 9.78 Å². The Morgan fingerprint density at radius 3 is 2.83 bits per heavy atom. The maximum absolute atomic E-state index is 10.7. The van der Waals surface area contributed by atoms with E-state index in [1.165, 1.54) is 25.3 Å². The Morgan fingerprint density at radius 1 is 1.33 bits per heavy atom. The number of hydrogen-bond donors (Lipinski definition) is 1. The molecule has 0 bridgehead atoms. The average molecular weight is 250 g/mol. The minimum absolute atomic E-state index is 0.0190. The number of hydrogen-bond acceptors (Lipinski definition) is 4. The number of carbonyl (C=O) groups is 1. The monoisotopic (exact) mass is 250 g/mol. The Hall–Kier alpha value is -1.62. The van der Waals surface area contributed by atoms with Crippen LogP contribution in [0.15, 0.2) is 18.2 Å². The van der Waals surface area contributed by atoms with E-state index in [0.29, 0.717) is 12.5 Å². The van der Waals surface area contributed by atoms with Crippen LogP contribution in [0.2, 0.25) is 0 Å². The van der Waals surface area contributed by atoms with Gasteiger partial charge in [0.25, 0.3) is 0 Å². The molecule has 0 atom stereocenters. The van der Waals surface area contributed by atoms with Crippen molar-refractivity contribution < 1.29 is 14.6 Å². The fourth-order valence-electron chi connectivity index (χ4n) is 2.08. The molecule has 1 aliphatic heterocycles. The summed E-state index contributed by atoms with van der Waals surface area (Å²) in [7, 11) is 0. The Labute approximate surface area is 106 Å². The Morgan fingerprint density at radius 2 is 2.11 bits per heavy atom. The minimum Gasteiger partial charge on any atom is -0.477 e. The van der Waals surface area contributed by atoms with Crippen LogP contribution >= 0.6 is 0 Å². The van der Waals surface area contributed by atoms with Crippen LogP contribution in [-0.4, -0.2) is 47.2 Å². The predicted molar refractivity (Wildman–Crippen MR) is 67.0 cm³/mol. The number of likely N-dealkylation sites (tertiary alicyclic amines) is 1. The topological polar surface area (TPSA) is 62.7 Å². The van der Waals surface area contributed by atoms with Gasteiger partial charge >= 0.3 is 5.97 Å². The second-order valence-electron chi connectivity index (χ2n) is 4.42. The van der Waals surface area contributed by atoms with Crippen LogP contribution in [0.25, 0.3) is 0 Å². The first-order valence-electron chi connectivity index (χ1n) is 6.31. The number of piperidine rings is 1. The van der Waals surface area contributed by atoms with Crippen LogP contribution in [0.4, 0.5) is 0 Å². The number of carboxylic acids is 1. The van der Waals surface area contributed by atoms with Crippen molar-refractivity contribution >= 4 is 5.97 Å². The predicted octanol–water partition coefficient (Wildman–Crippen LogP) is 1.64. The maximum Gasteiger partial charge on any atom is 0.354 e. The van der Waals surface area contributed by atoms with Gasteiger partial charge in [0.15, 0.2) is 5.69 Å². The molecule has 0 spiro atoms. The van der Waals surface area contributed by atoms with Crippen LogP contribution in [-0.2, 0) is 0 Å². The number of aromatic carboxylic acids is 1.